The van der Waals surface area contributed by atoms with Crippen molar-refractivity contribution in [3.63, 3.8) is 0 Å². The van der Waals surface area contributed by atoms with Crippen molar-refractivity contribution < 1.29 is 21.6 Å². The highest BCUT2D eigenvalue weighted by atomic mass is 32.2. The average Bonchev–Trinajstić information content (AvgIpc) is 2.76. The van der Waals surface area contributed by atoms with E-state index in [0.29, 0.717) is 17.7 Å². The zero-order valence-electron chi connectivity index (χ0n) is 16.9. The molecule has 9 nitrogen and oxygen atoms in total. The van der Waals surface area contributed by atoms with Crippen molar-refractivity contribution >= 4 is 37.7 Å². The van der Waals surface area contributed by atoms with Crippen molar-refractivity contribution in [2.45, 2.75) is 24.3 Å². The molecule has 2 rings (SSSR count). The average molecular weight is 475 g/mol. The third-order valence-corrected chi connectivity index (χ3v) is 8.74. The first-order valence-electron chi connectivity index (χ1n) is 9.42. The number of nitrogens with one attached hydrogen (secondary N) is 1. The Labute approximate surface area is 182 Å². The van der Waals surface area contributed by atoms with Crippen LogP contribution in [0.1, 0.15) is 18.9 Å². The topological polar surface area (TPSA) is 128 Å². The Morgan fingerprint density at radius 1 is 1.17 bits per heavy atom. The first-order chi connectivity index (χ1) is 14.1. The molecule has 30 heavy (non-hydrogen) atoms. The molecule has 0 aromatic heterocycles. The van der Waals surface area contributed by atoms with E-state index >= 15 is 0 Å². The van der Waals surface area contributed by atoms with Crippen molar-refractivity contribution in [2.75, 3.05) is 43.9 Å². The molecular weight excluding hydrogens is 448 g/mol. The molecule has 1 aliphatic rings. The van der Waals surface area contributed by atoms with Crippen molar-refractivity contribution in [2.24, 2.45) is 0 Å². The Bertz CT molecular complexity index is 980. The summed E-state index contributed by atoms with van der Waals surface area (Å²) in [7, 11) is -7.28. The lowest BCUT2D eigenvalue weighted by Gasteiger charge is -2.35. The summed E-state index contributed by atoms with van der Waals surface area (Å²) in [4.78, 5) is 14.5. The van der Waals surface area contributed by atoms with Gasteiger partial charge in [0, 0.05) is 26.2 Å². The summed E-state index contributed by atoms with van der Waals surface area (Å²) >= 11 is 1.52. The Hall–Kier alpha value is -1.65. The lowest BCUT2D eigenvalue weighted by molar-refractivity contribution is -0.134. The lowest BCUT2D eigenvalue weighted by Crippen LogP contribution is -2.56. The smallest absolute Gasteiger partial charge is 0.243 e. The maximum Gasteiger partial charge on any atom is 0.243 e. The number of thioether (sulfide) groups is 1. The van der Waals surface area contributed by atoms with E-state index in [1.54, 1.807) is 0 Å². The fourth-order valence-electron chi connectivity index (χ4n) is 2.99. The summed E-state index contributed by atoms with van der Waals surface area (Å²) in [5.74, 6) is 0.166. The highest BCUT2D eigenvalue weighted by molar-refractivity contribution is 7.98. The van der Waals surface area contributed by atoms with Crippen molar-refractivity contribution in [3.05, 3.63) is 29.8 Å². The van der Waals surface area contributed by atoms with E-state index in [2.05, 4.69) is 4.72 Å². The molecule has 0 saturated carbocycles. The predicted molar refractivity (Wildman–Crippen MR) is 116 cm³/mol. The van der Waals surface area contributed by atoms with Crippen molar-refractivity contribution in [1.29, 1.82) is 5.26 Å². The number of amides is 1. The summed E-state index contributed by atoms with van der Waals surface area (Å²) < 4.78 is 53.3. The summed E-state index contributed by atoms with van der Waals surface area (Å²) in [6.07, 6.45) is 2.24. The maximum absolute atomic E-state index is 12.9. The van der Waals surface area contributed by atoms with Gasteiger partial charge in [-0.25, -0.2) is 21.6 Å². The SMILES string of the molecule is CCS(=O)(=O)NC(CCSC)C(=O)N1CCN(S(=O)(=O)c2ccc(C#N)cc2)CC1. The molecule has 0 bridgehead atoms. The summed E-state index contributed by atoms with van der Waals surface area (Å²) in [5.41, 5.74) is 0.371. The quantitative estimate of drug-likeness (QED) is 0.550. The molecular formula is C18H26N4O5S3. The van der Waals surface area contributed by atoms with Crippen LogP contribution in [0.5, 0.6) is 0 Å². The molecule has 166 valence electrons. The van der Waals surface area contributed by atoms with E-state index in [4.69, 9.17) is 5.26 Å². The van der Waals surface area contributed by atoms with E-state index in [9.17, 15) is 21.6 Å². The molecule has 1 atom stereocenters. The summed E-state index contributed by atoms with van der Waals surface area (Å²) in [5, 5.41) is 8.85. The molecule has 1 amide bonds. The summed E-state index contributed by atoms with van der Waals surface area (Å²) in [6, 6.07) is 6.77. The standard InChI is InChI=1S/C18H26N4O5S3/c1-3-29(24,25)20-17(8-13-28-2)18(23)21-9-11-22(12-10-21)30(26,27)16-6-4-15(14-19)5-7-16/h4-7,17,20H,3,8-13H2,1-2H3. The van der Waals surface area contributed by atoms with Crippen LogP contribution in [-0.4, -0.2) is 81.9 Å². The number of benzene rings is 1. The third-order valence-electron chi connectivity index (χ3n) is 4.78. The second-order valence-electron chi connectivity index (χ2n) is 6.72. The van der Waals surface area contributed by atoms with Crippen LogP contribution >= 0.6 is 11.8 Å². The number of nitriles is 1. The number of carbonyl (C=O) groups is 1. The van der Waals surface area contributed by atoms with Crippen LogP contribution in [0.25, 0.3) is 0 Å². The molecule has 1 fully saturated rings. The second kappa shape index (κ2) is 10.6. The van der Waals surface area contributed by atoms with Crippen molar-refractivity contribution in [3.8, 4) is 6.07 Å². The maximum atomic E-state index is 12.9. The predicted octanol–water partition coefficient (Wildman–Crippen LogP) is 0.452. The van der Waals surface area contributed by atoms with Crippen LogP contribution in [0.3, 0.4) is 0 Å². The van der Waals surface area contributed by atoms with Gasteiger partial charge in [0.2, 0.25) is 26.0 Å². The van der Waals surface area contributed by atoms with Crippen LogP contribution in [-0.2, 0) is 24.8 Å². The number of carbonyl (C=O) groups excluding carboxylic acids is 1. The molecule has 1 aliphatic heterocycles. The number of hydrogen-bond acceptors (Lipinski definition) is 7. The van der Waals surface area contributed by atoms with Crippen LogP contribution in [0.2, 0.25) is 0 Å². The van der Waals surface area contributed by atoms with Crippen LogP contribution in [0.15, 0.2) is 29.2 Å². The number of hydrogen-bond donors (Lipinski definition) is 1. The fourth-order valence-corrected chi connectivity index (χ4v) is 5.70. The van der Waals surface area contributed by atoms with Gasteiger partial charge in [-0.1, -0.05) is 0 Å². The summed E-state index contributed by atoms with van der Waals surface area (Å²) in [6.45, 7) is 2.09. The van der Waals surface area contributed by atoms with E-state index in [0.717, 1.165) is 0 Å². The minimum Gasteiger partial charge on any atom is -0.339 e. The van der Waals surface area contributed by atoms with Crippen molar-refractivity contribution in [1.82, 2.24) is 13.9 Å². The van der Waals surface area contributed by atoms with Crippen LogP contribution in [0.4, 0.5) is 0 Å². The Morgan fingerprint density at radius 3 is 2.27 bits per heavy atom. The van der Waals surface area contributed by atoms with Crippen LogP contribution < -0.4 is 4.72 Å². The molecule has 1 unspecified atom stereocenters. The lowest BCUT2D eigenvalue weighted by atomic mass is 10.2. The number of sulfonamides is 2. The van der Waals surface area contributed by atoms with Gasteiger partial charge >= 0.3 is 0 Å². The fraction of sp³-hybridized carbons (Fsp3) is 0.556. The van der Waals surface area contributed by atoms with Gasteiger partial charge in [0.1, 0.15) is 6.04 Å². The monoisotopic (exact) mass is 474 g/mol. The molecule has 12 heteroatoms. The Balaban J connectivity index is 2.06. The minimum atomic E-state index is -3.73. The van der Waals surface area contributed by atoms with E-state index in [-0.39, 0.29) is 42.7 Å². The molecule has 0 radical (unpaired) electrons. The van der Waals surface area contributed by atoms with Gasteiger partial charge < -0.3 is 4.90 Å². The molecule has 1 heterocycles. The zero-order chi connectivity index (χ0) is 22.4. The molecule has 1 aromatic carbocycles. The molecule has 0 aliphatic carbocycles. The normalized spacial score (nSPS) is 16.8. The van der Waals surface area contributed by atoms with E-state index < -0.39 is 26.1 Å². The van der Waals surface area contributed by atoms with Gasteiger partial charge in [-0.2, -0.15) is 21.3 Å². The first-order valence-corrected chi connectivity index (χ1v) is 13.9. The van der Waals surface area contributed by atoms with Gasteiger partial charge in [0.15, 0.2) is 0 Å². The highest BCUT2D eigenvalue weighted by Crippen LogP contribution is 2.19. The van der Waals surface area contributed by atoms with Gasteiger partial charge in [0.05, 0.1) is 22.3 Å². The number of rotatable bonds is 9. The van der Waals surface area contributed by atoms with Gasteiger partial charge in [-0.05, 0) is 49.6 Å². The number of piperazine rings is 1. The Kier molecular flexibility index (Phi) is 8.69. The second-order valence-corrected chi connectivity index (χ2v) is 11.7. The van der Waals surface area contributed by atoms with E-state index in [1.165, 1.54) is 52.2 Å². The van der Waals surface area contributed by atoms with Crippen LogP contribution in [0, 0.1) is 11.3 Å². The van der Waals surface area contributed by atoms with Gasteiger partial charge in [-0.3, -0.25) is 4.79 Å². The Morgan fingerprint density at radius 2 is 1.77 bits per heavy atom. The molecule has 1 aromatic rings. The minimum absolute atomic E-state index is 0.0924. The highest BCUT2D eigenvalue weighted by Gasteiger charge is 2.33. The number of nitrogens with zero attached hydrogens (tertiary/aromatic N) is 3. The molecule has 1 N–H and O–H groups in total. The zero-order valence-corrected chi connectivity index (χ0v) is 19.4. The van der Waals surface area contributed by atoms with Gasteiger partial charge in [-0.15, -0.1) is 0 Å². The van der Waals surface area contributed by atoms with E-state index in [1.807, 2.05) is 12.3 Å². The third kappa shape index (κ3) is 6.18. The molecule has 0 spiro atoms. The first kappa shape index (κ1) is 24.6. The molecule has 1 saturated heterocycles. The van der Waals surface area contributed by atoms with Gasteiger partial charge in [0.25, 0.3) is 0 Å². The largest absolute Gasteiger partial charge is 0.339 e.